The average molecular weight is 326 g/mol. The zero-order chi connectivity index (χ0) is 16.9. The molecule has 0 spiro atoms. The normalized spacial score (nSPS) is 36.4. The van der Waals surface area contributed by atoms with Gasteiger partial charge in [0.05, 0.1) is 0 Å². The first-order chi connectivity index (χ1) is 11.5. The quantitative estimate of drug-likeness (QED) is 0.835. The third-order valence-corrected chi connectivity index (χ3v) is 6.73. The van der Waals surface area contributed by atoms with Crippen molar-refractivity contribution in [3.63, 3.8) is 0 Å². The van der Waals surface area contributed by atoms with Crippen LogP contribution in [0.15, 0.2) is 18.2 Å². The monoisotopic (exact) mass is 326 g/mol. The van der Waals surface area contributed by atoms with E-state index >= 15 is 0 Å². The molecule has 5 rings (SSSR count). The number of anilines is 1. The second-order valence-corrected chi connectivity index (χ2v) is 8.21. The molecule has 1 aromatic rings. The van der Waals surface area contributed by atoms with Crippen molar-refractivity contribution >= 4 is 18.0 Å². The lowest BCUT2D eigenvalue weighted by Gasteiger charge is -2.59. The number of carbonyl (C=O) groups is 2. The third kappa shape index (κ3) is 2.27. The molecule has 0 heterocycles. The Morgan fingerprint density at radius 3 is 2.25 bits per heavy atom. The minimum atomic E-state index is -0.716. The van der Waals surface area contributed by atoms with Gasteiger partial charge in [-0.3, -0.25) is 9.59 Å². The summed E-state index contributed by atoms with van der Waals surface area (Å²) in [6, 6.07) is 6.05. The van der Waals surface area contributed by atoms with E-state index in [0.717, 1.165) is 55.2 Å². The van der Waals surface area contributed by atoms with Gasteiger partial charge in [-0.2, -0.15) is 0 Å². The topological polar surface area (TPSA) is 58.2 Å². The van der Waals surface area contributed by atoms with Gasteiger partial charge in [0.1, 0.15) is 5.54 Å². The molecule has 4 saturated carbocycles. The Morgan fingerprint density at radius 2 is 1.71 bits per heavy atom. The largest absolute Gasteiger partial charge is 0.344 e. The molecule has 0 radical (unpaired) electrons. The van der Waals surface area contributed by atoms with Crippen LogP contribution in [-0.4, -0.2) is 17.9 Å². The van der Waals surface area contributed by atoms with Gasteiger partial charge in [0.25, 0.3) is 5.91 Å². The summed E-state index contributed by atoms with van der Waals surface area (Å²) in [5.41, 5.74) is 2.38. The van der Waals surface area contributed by atoms with Gasteiger partial charge >= 0.3 is 0 Å². The van der Waals surface area contributed by atoms with E-state index < -0.39 is 5.54 Å². The molecule has 0 aromatic heterocycles. The van der Waals surface area contributed by atoms with Crippen molar-refractivity contribution < 1.29 is 9.59 Å². The van der Waals surface area contributed by atoms with E-state index in [1.165, 1.54) is 12.0 Å². The van der Waals surface area contributed by atoms with Gasteiger partial charge in [-0.25, -0.2) is 0 Å². The predicted molar refractivity (Wildman–Crippen MR) is 93.5 cm³/mol. The number of aryl methyl sites for hydroxylation is 2. The summed E-state index contributed by atoms with van der Waals surface area (Å²) in [4.78, 5) is 24.7. The van der Waals surface area contributed by atoms with Crippen LogP contribution in [0.1, 0.15) is 43.2 Å². The Labute approximate surface area is 143 Å². The van der Waals surface area contributed by atoms with Crippen molar-refractivity contribution in [3.05, 3.63) is 29.3 Å². The van der Waals surface area contributed by atoms with E-state index in [9.17, 15) is 9.59 Å². The number of hydrogen-bond donors (Lipinski definition) is 2. The van der Waals surface area contributed by atoms with E-state index in [-0.39, 0.29) is 17.7 Å². The number of nitrogens with one attached hydrogen (secondary N) is 2. The van der Waals surface area contributed by atoms with Gasteiger partial charge in [0, 0.05) is 5.69 Å². The van der Waals surface area contributed by atoms with Crippen LogP contribution < -0.4 is 10.6 Å². The van der Waals surface area contributed by atoms with Crippen LogP contribution in [0.25, 0.3) is 0 Å². The maximum atomic E-state index is 13.3. The number of rotatable bonds is 4. The molecular formula is C20H26N2O2. The number of benzene rings is 1. The fourth-order valence-electron chi connectivity index (χ4n) is 5.88. The summed E-state index contributed by atoms with van der Waals surface area (Å²) >= 11 is 0. The van der Waals surface area contributed by atoms with Gasteiger partial charge in [-0.1, -0.05) is 17.7 Å². The fraction of sp³-hybridized carbons (Fsp3) is 0.600. The lowest BCUT2D eigenvalue weighted by atomic mass is 9.48. The summed E-state index contributed by atoms with van der Waals surface area (Å²) < 4.78 is 0. The van der Waals surface area contributed by atoms with Crippen LogP contribution in [0.3, 0.4) is 0 Å². The molecule has 4 heteroatoms. The summed E-state index contributed by atoms with van der Waals surface area (Å²) in [6.45, 7) is 4.06. The van der Waals surface area contributed by atoms with Gasteiger partial charge in [0.15, 0.2) is 0 Å². The first kappa shape index (κ1) is 15.7. The predicted octanol–water partition coefficient (Wildman–Crippen LogP) is 3.18. The molecular weight excluding hydrogens is 300 g/mol. The Balaban J connectivity index is 1.65. The molecule has 2 amide bonds. The van der Waals surface area contributed by atoms with Gasteiger partial charge in [0.2, 0.25) is 6.41 Å². The van der Waals surface area contributed by atoms with Crippen molar-refractivity contribution in [2.24, 2.45) is 23.7 Å². The van der Waals surface area contributed by atoms with Crippen LogP contribution in [-0.2, 0) is 9.59 Å². The lowest BCUT2D eigenvalue weighted by molar-refractivity contribution is -0.144. The summed E-state index contributed by atoms with van der Waals surface area (Å²) in [5.74, 6) is 2.05. The zero-order valence-corrected chi connectivity index (χ0v) is 14.5. The minimum absolute atomic E-state index is 0.0182. The van der Waals surface area contributed by atoms with Gasteiger partial charge in [-0.15, -0.1) is 0 Å². The maximum absolute atomic E-state index is 13.3. The highest BCUT2D eigenvalue weighted by Crippen LogP contribution is 2.58. The fourth-order valence-corrected chi connectivity index (χ4v) is 5.88. The standard InChI is InChI=1S/C20H26N2O2/c1-12-3-4-18(13(2)5-12)22-19(24)20(21-11-23)16-7-14-6-15(9-16)10-17(20)8-14/h3-5,11,14-17H,6-10H2,1-2H3,(H,21,23)(H,22,24). The molecule has 4 bridgehead atoms. The Hall–Kier alpha value is -1.84. The van der Waals surface area contributed by atoms with Crippen LogP contribution in [0.2, 0.25) is 0 Å². The van der Waals surface area contributed by atoms with Crippen molar-refractivity contribution in [1.82, 2.24) is 5.32 Å². The smallest absolute Gasteiger partial charge is 0.250 e. The van der Waals surface area contributed by atoms with Crippen molar-refractivity contribution in [3.8, 4) is 0 Å². The Kier molecular flexibility index (Phi) is 3.66. The first-order valence-corrected chi connectivity index (χ1v) is 9.13. The molecule has 4 aliphatic rings. The van der Waals surface area contributed by atoms with Crippen LogP contribution in [0.5, 0.6) is 0 Å². The average Bonchev–Trinajstić information content (AvgIpc) is 2.53. The van der Waals surface area contributed by atoms with Crippen LogP contribution in [0.4, 0.5) is 5.69 Å². The van der Waals surface area contributed by atoms with Gasteiger partial charge < -0.3 is 10.6 Å². The number of hydrogen-bond acceptors (Lipinski definition) is 2. The Bertz CT molecular complexity index is 654. The molecule has 4 nitrogen and oxygen atoms in total. The highest BCUT2D eigenvalue weighted by molar-refractivity contribution is 6.00. The molecule has 0 atom stereocenters. The van der Waals surface area contributed by atoms with Crippen molar-refractivity contribution in [2.75, 3.05) is 5.32 Å². The molecule has 2 N–H and O–H groups in total. The summed E-state index contributed by atoms with van der Waals surface area (Å²) in [5, 5.41) is 6.13. The summed E-state index contributed by atoms with van der Waals surface area (Å²) in [6.07, 6.45) is 6.37. The molecule has 4 fully saturated rings. The van der Waals surface area contributed by atoms with E-state index in [1.807, 2.05) is 26.0 Å². The SMILES string of the molecule is Cc1ccc(NC(=O)C2(NC=O)C3CC4CC(C3)CC2C4)c(C)c1. The van der Waals surface area contributed by atoms with E-state index in [4.69, 9.17) is 0 Å². The summed E-state index contributed by atoms with van der Waals surface area (Å²) in [7, 11) is 0. The number of amides is 2. The maximum Gasteiger partial charge on any atom is 0.250 e. The molecule has 0 aliphatic heterocycles. The second-order valence-electron chi connectivity index (χ2n) is 8.21. The molecule has 4 aliphatic carbocycles. The number of carbonyl (C=O) groups excluding carboxylic acids is 2. The van der Waals surface area contributed by atoms with E-state index in [0.29, 0.717) is 0 Å². The third-order valence-electron chi connectivity index (χ3n) is 6.73. The van der Waals surface area contributed by atoms with Gasteiger partial charge in [-0.05, 0) is 81.3 Å². The molecule has 1 aromatic carbocycles. The van der Waals surface area contributed by atoms with Crippen molar-refractivity contribution in [2.45, 2.75) is 51.5 Å². The zero-order valence-electron chi connectivity index (χ0n) is 14.5. The van der Waals surface area contributed by atoms with Crippen LogP contribution >= 0.6 is 0 Å². The molecule has 24 heavy (non-hydrogen) atoms. The van der Waals surface area contributed by atoms with Crippen LogP contribution in [0, 0.1) is 37.5 Å². The minimum Gasteiger partial charge on any atom is -0.344 e. The highest BCUT2D eigenvalue weighted by Gasteiger charge is 2.61. The molecule has 128 valence electrons. The highest BCUT2D eigenvalue weighted by atomic mass is 16.2. The van der Waals surface area contributed by atoms with E-state index in [1.54, 1.807) is 0 Å². The lowest BCUT2D eigenvalue weighted by Crippen LogP contribution is -2.70. The molecule has 0 unspecified atom stereocenters. The first-order valence-electron chi connectivity index (χ1n) is 9.13. The Morgan fingerprint density at radius 1 is 1.08 bits per heavy atom. The molecule has 0 saturated heterocycles. The van der Waals surface area contributed by atoms with E-state index in [2.05, 4.69) is 16.7 Å². The van der Waals surface area contributed by atoms with Crippen molar-refractivity contribution in [1.29, 1.82) is 0 Å². The second kappa shape index (κ2) is 5.61.